The predicted octanol–water partition coefficient (Wildman–Crippen LogP) is 2.44. The molecular formula is C16H22ClN3O3S. The molecule has 1 aromatic carbocycles. The second kappa shape index (κ2) is 8.60. The van der Waals surface area contributed by atoms with Gasteiger partial charge in [0.25, 0.3) is 0 Å². The van der Waals surface area contributed by atoms with Gasteiger partial charge in [0.05, 0.1) is 24.5 Å². The van der Waals surface area contributed by atoms with E-state index in [0.717, 1.165) is 6.42 Å². The topological polar surface area (TPSA) is 79.5 Å². The fraction of sp³-hybridized carbons (Fsp3) is 0.500. The molecule has 0 radical (unpaired) electrons. The van der Waals surface area contributed by atoms with Crippen molar-refractivity contribution in [2.24, 2.45) is 5.92 Å². The lowest BCUT2D eigenvalue weighted by Crippen LogP contribution is -2.59. The number of thioether (sulfide) groups is 1. The summed E-state index contributed by atoms with van der Waals surface area (Å²) in [5.74, 6) is 0.532. The molecule has 0 saturated carbocycles. The van der Waals surface area contributed by atoms with Gasteiger partial charge in [-0.2, -0.15) is 0 Å². The third-order valence-corrected chi connectivity index (χ3v) is 5.14. The Balaban J connectivity index is 1.88. The van der Waals surface area contributed by atoms with Crippen molar-refractivity contribution in [1.29, 1.82) is 0 Å². The van der Waals surface area contributed by atoms with E-state index in [-0.39, 0.29) is 35.0 Å². The molecule has 0 aliphatic carbocycles. The second-order valence-corrected chi connectivity index (χ2v) is 7.09. The number of rotatable bonds is 6. The summed E-state index contributed by atoms with van der Waals surface area (Å²) >= 11 is 7.28. The van der Waals surface area contributed by atoms with E-state index in [1.165, 1.54) is 18.9 Å². The Labute approximate surface area is 151 Å². The molecule has 1 heterocycles. The van der Waals surface area contributed by atoms with Crippen LogP contribution in [0.2, 0.25) is 5.02 Å². The first-order chi connectivity index (χ1) is 11.4. The quantitative estimate of drug-likeness (QED) is 0.715. The molecule has 3 N–H and O–H groups in total. The highest BCUT2D eigenvalue weighted by Gasteiger charge is 2.32. The fourth-order valence-electron chi connectivity index (χ4n) is 2.61. The Morgan fingerprint density at radius 1 is 1.46 bits per heavy atom. The first-order valence-electron chi connectivity index (χ1n) is 7.76. The smallest absolute Gasteiger partial charge is 0.234 e. The third kappa shape index (κ3) is 4.78. The van der Waals surface area contributed by atoms with E-state index in [2.05, 4.69) is 16.0 Å². The van der Waals surface area contributed by atoms with Gasteiger partial charge < -0.3 is 15.4 Å². The molecule has 0 aromatic heterocycles. The van der Waals surface area contributed by atoms with Gasteiger partial charge in [-0.25, -0.2) is 0 Å². The van der Waals surface area contributed by atoms with Gasteiger partial charge in [0, 0.05) is 11.1 Å². The molecular weight excluding hydrogens is 350 g/mol. The number of anilines is 1. The van der Waals surface area contributed by atoms with Crippen LogP contribution >= 0.6 is 23.4 Å². The number of nitrogens with one attached hydrogen (secondary N) is 3. The predicted molar refractivity (Wildman–Crippen MR) is 97.4 cm³/mol. The highest BCUT2D eigenvalue weighted by Crippen LogP contribution is 2.28. The Hall–Kier alpha value is -1.44. The normalized spacial score (nSPS) is 23.5. The van der Waals surface area contributed by atoms with Crippen LogP contribution in [0.4, 0.5) is 5.69 Å². The molecule has 1 aliphatic heterocycles. The van der Waals surface area contributed by atoms with Crippen molar-refractivity contribution in [3.05, 3.63) is 23.2 Å². The summed E-state index contributed by atoms with van der Waals surface area (Å²) in [6.07, 6.45) is 0.784. The summed E-state index contributed by atoms with van der Waals surface area (Å²) in [4.78, 5) is 24.2. The molecule has 2 rings (SSSR count). The Morgan fingerprint density at radius 3 is 2.83 bits per heavy atom. The molecule has 1 fully saturated rings. The van der Waals surface area contributed by atoms with Crippen LogP contribution in [-0.4, -0.2) is 36.2 Å². The molecule has 8 heteroatoms. The van der Waals surface area contributed by atoms with Crippen molar-refractivity contribution in [3.63, 3.8) is 0 Å². The Kier molecular flexibility index (Phi) is 6.77. The molecule has 1 aliphatic rings. The van der Waals surface area contributed by atoms with Gasteiger partial charge in [-0.05, 0) is 31.5 Å². The number of ether oxygens (including phenoxy) is 1. The van der Waals surface area contributed by atoms with Crippen LogP contribution in [-0.2, 0) is 9.59 Å². The molecule has 3 atom stereocenters. The minimum Gasteiger partial charge on any atom is -0.495 e. The molecule has 6 nitrogen and oxygen atoms in total. The SMILES string of the molecule is CCC1C(=O)NC(SCC(=O)Nc2cc(Cl)ccc2OC)NC1C. The van der Waals surface area contributed by atoms with Crippen molar-refractivity contribution < 1.29 is 14.3 Å². The lowest BCUT2D eigenvalue weighted by Gasteiger charge is -2.34. The van der Waals surface area contributed by atoms with E-state index < -0.39 is 0 Å². The lowest BCUT2D eigenvalue weighted by molar-refractivity contribution is -0.128. The summed E-state index contributed by atoms with van der Waals surface area (Å²) in [6, 6.07) is 5.10. The average molecular weight is 372 g/mol. The standard InChI is InChI=1S/C16H22ClN3O3S/c1-4-11-9(2)18-16(20-15(11)22)24-8-14(21)19-12-7-10(17)5-6-13(12)23-3/h5-7,9,11,16,18H,4,8H2,1-3H3,(H,19,21)(H,20,22). The van der Waals surface area contributed by atoms with Crippen LogP contribution in [0.1, 0.15) is 20.3 Å². The zero-order valence-electron chi connectivity index (χ0n) is 13.9. The van der Waals surface area contributed by atoms with Crippen LogP contribution in [0, 0.1) is 5.92 Å². The van der Waals surface area contributed by atoms with E-state index in [4.69, 9.17) is 16.3 Å². The van der Waals surface area contributed by atoms with Crippen molar-refractivity contribution in [2.45, 2.75) is 31.8 Å². The lowest BCUT2D eigenvalue weighted by atomic mass is 9.96. The van der Waals surface area contributed by atoms with Gasteiger partial charge in [0.2, 0.25) is 11.8 Å². The summed E-state index contributed by atoms with van der Waals surface area (Å²) in [5, 5.41) is 9.48. The van der Waals surface area contributed by atoms with Crippen LogP contribution in [0.25, 0.3) is 0 Å². The van der Waals surface area contributed by atoms with Gasteiger partial charge in [0.1, 0.15) is 11.2 Å². The largest absolute Gasteiger partial charge is 0.495 e. The molecule has 2 amide bonds. The fourth-order valence-corrected chi connectivity index (χ4v) is 3.68. The van der Waals surface area contributed by atoms with Crippen molar-refractivity contribution in [2.75, 3.05) is 18.2 Å². The van der Waals surface area contributed by atoms with Crippen molar-refractivity contribution in [3.8, 4) is 5.75 Å². The number of hydrogen-bond donors (Lipinski definition) is 3. The molecule has 1 saturated heterocycles. The van der Waals surface area contributed by atoms with Crippen molar-refractivity contribution in [1.82, 2.24) is 10.6 Å². The monoisotopic (exact) mass is 371 g/mol. The van der Waals surface area contributed by atoms with Gasteiger partial charge in [-0.3, -0.25) is 14.9 Å². The van der Waals surface area contributed by atoms with Gasteiger partial charge in [-0.15, -0.1) is 11.8 Å². The highest BCUT2D eigenvalue weighted by molar-refractivity contribution is 8.00. The van der Waals surface area contributed by atoms with Gasteiger partial charge in [-0.1, -0.05) is 18.5 Å². The maximum Gasteiger partial charge on any atom is 0.234 e. The second-order valence-electron chi connectivity index (χ2n) is 5.56. The summed E-state index contributed by atoms with van der Waals surface area (Å²) < 4.78 is 5.20. The number of amides is 2. The minimum atomic E-state index is -0.276. The molecule has 3 unspecified atom stereocenters. The van der Waals surface area contributed by atoms with Crippen molar-refractivity contribution >= 4 is 40.9 Å². The Bertz CT molecular complexity index is 614. The zero-order chi connectivity index (χ0) is 17.7. The van der Waals surface area contributed by atoms with E-state index in [1.54, 1.807) is 18.2 Å². The average Bonchev–Trinajstić information content (AvgIpc) is 2.53. The first-order valence-corrected chi connectivity index (χ1v) is 9.18. The molecule has 0 bridgehead atoms. The van der Waals surface area contributed by atoms with Crippen LogP contribution in [0.15, 0.2) is 18.2 Å². The maximum atomic E-state index is 12.1. The number of benzene rings is 1. The van der Waals surface area contributed by atoms with E-state index in [1.807, 2.05) is 13.8 Å². The summed E-state index contributed by atoms with van der Waals surface area (Å²) in [6.45, 7) is 3.97. The van der Waals surface area contributed by atoms with Crippen LogP contribution in [0.3, 0.4) is 0 Å². The minimum absolute atomic E-state index is 0.0261. The zero-order valence-corrected chi connectivity index (χ0v) is 15.5. The van der Waals surface area contributed by atoms with Crippen LogP contribution < -0.4 is 20.7 Å². The highest BCUT2D eigenvalue weighted by atomic mass is 35.5. The van der Waals surface area contributed by atoms with Gasteiger partial charge in [0.15, 0.2) is 0 Å². The number of carbonyl (C=O) groups is 2. The molecule has 0 spiro atoms. The molecule has 132 valence electrons. The Morgan fingerprint density at radius 2 is 2.21 bits per heavy atom. The number of hydrogen-bond acceptors (Lipinski definition) is 5. The summed E-state index contributed by atoms with van der Waals surface area (Å²) in [5.41, 5.74) is 0.248. The molecule has 24 heavy (non-hydrogen) atoms. The van der Waals surface area contributed by atoms with Gasteiger partial charge >= 0.3 is 0 Å². The maximum absolute atomic E-state index is 12.1. The summed E-state index contributed by atoms with van der Waals surface area (Å²) in [7, 11) is 1.53. The number of methoxy groups -OCH3 is 1. The van der Waals surface area contributed by atoms with E-state index >= 15 is 0 Å². The number of halogens is 1. The van der Waals surface area contributed by atoms with Crippen LogP contribution in [0.5, 0.6) is 5.75 Å². The number of carbonyl (C=O) groups excluding carboxylic acids is 2. The molecule has 1 aromatic rings. The van der Waals surface area contributed by atoms with E-state index in [0.29, 0.717) is 16.5 Å². The first kappa shape index (κ1) is 18.9. The van der Waals surface area contributed by atoms with E-state index in [9.17, 15) is 9.59 Å². The third-order valence-electron chi connectivity index (χ3n) is 3.88.